The third-order valence-corrected chi connectivity index (χ3v) is 5.11. The fraction of sp³-hybridized carbons (Fsp3) is 0.480. The van der Waals surface area contributed by atoms with E-state index in [0.717, 1.165) is 29.0 Å². The van der Waals surface area contributed by atoms with Crippen molar-refractivity contribution in [2.75, 3.05) is 11.9 Å². The number of aryl methyl sites for hydroxylation is 1. The molecule has 5 amide bonds. The van der Waals surface area contributed by atoms with E-state index in [1.165, 1.54) is 0 Å². The van der Waals surface area contributed by atoms with E-state index in [4.69, 9.17) is 0 Å². The Kier molecular flexibility index (Phi) is 11.7. The Bertz CT molecular complexity index is 905. The van der Waals surface area contributed by atoms with Crippen LogP contribution in [0, 0.1) is 5.92 Å². The lowest BCUT2D eigenvalue weighted by Gasteiger charge is -2.24. The van der Waals surface area contributed by atoms with Crippen LogP contribution in [0.25, 0.3) is 0 Å². The zero-order valence-electron chi connectivity index (χ0n) is 20.8. The molecule has 0 saturated carbocycles. The van der Waals surface area contributed by atoms with E-state index in [1.54, 1.807) is 32.9 Å². The van der Waals surface area contributed by atoms with Crippen molar-refractivity contribution in [1.29, 1.82) is 0 Å². The Hall–Kier alpha value is -3.49. The van der Waals surface area contributed by atoms with Crippen LogP contribution in [0.15, 0.2) is 36.4 Å². The highest BCUT2D eigenvalue weighted by Gasteiger charge is 2.28. The fourth-order valence-electron chi connectivity index (χ4n) is 3.09. The summed E-state index contributed by atoms with van der Waals surface area (Å²) in [6.45, 7) is 11.1. The monoisotopic (exact) mass is 478 g/mol. The van der Waals surface area contributed by atoms with Gasteiger partial charge in [0.1, 0.15) is 12.1 Å². The molecule has 1 unspecified atom stereocenters. The van der Waals surface area contributed by atoms with Crippen molar-refractivity contribution in [2.45, 2.75) is 66.5 Å². The highest BCUT2D eigenvalue weighted by atomic mass is 16.2. The van der Waals surface area contributed by atoms with Gasteiger partial charge in [-0.1, -0.05) is 46.8 Å². The van der Waals surface area contributed by atoms with E-state index in [9.17, 15) is 24.0 Å². The zero-order chi connectivity index (χ0) is 25.8. The maximum absolute atomic E-state index is 12.7. The summed E-state index contributed by atoms with van der Waals surface area (Å²) in [7, 11) is 0. The third kappa shape index (κ3) is 8.46. The van der Waals surface area contributed by atoms with Gasteiger partial charge in [-0.2, -0.15) is 0 Å². The number of anilines is 1. The van der Waals surface area contributed by atoms with E-state index in [2.05, 4.69) is 16.0 Å². The molecule has 1 aromatic carbocycles. The number of carbonyl (C=O) groups excluding carboxylic acids is 5. The van der Waals surface area contributed by atoms with Gasteiger partial charge in [0.2, 0.25) is 17.7 Å². The number of imide groups is 1. The predicted octanol–water partition coefficient (Wildman–Crippen LogP) is 2.91. The summed E-state index contributed by atoms with van der Waals surface area (Å²) in [5.74, 6) is -2.52. The number of carbonyl (C=O) groups is 5. The molecule has 0 saturated heterocycles. The van der Waals surface area contributed by atoms with Crippen LogP contribution in [0.5, 0.6) is 0 Å². The number of benzene rings is 1. The lowest BCUT2D eigenvalue weighted by Crippen LogP contribution is -2.54. The number of amides is 5. The molecule has 0 spiro atoms. The van der Waals surface area contributed by atoms with Gasteiger partial charge in [-0.05, 0) is 37.0 Å². The summed E-state index contributed by atoms with van der Waals surface area (Å²) in [5, 5.41) is 8.00. The van der Waals surface area contributed by atoms with Gasteiger partial charge >= 0.3 is 0 Å². The Balaban J connectivity index is -0.00000225. The van der Waals surface area contributed by atoms with E-state index in [0.29, 0.717) is 5.69 Å². The SMILES string of the molecule is CC.CCc1ccc(NC(=O)[C@H](C)NC(=O)C(NC(=O)CCN2C(=O)C=CC2=O)C(C)C)cc1.[HH].[HH].[HH]. The summed E-state index contributed by atoms with van der Waals surface area (Å²) in [6, 6.07) is 5.74. The van der Waals surface area contributed by atoms with Crippen molar-refractivity contribution < 1.29 is 28.3 Å². The molecular formula is C25H42N4O5. The Morgan fingerprint density at radius 1 is 0.912 bits per heavy atom. The number of hydrogen-bond acceptors (Lipinski definition) is 5. The van der Waals surface area contributed by atoms with Crippen LogP contribution in [-0.2, 0) is 30.4 Å². The summed E-state index contributed by atoms with van der Waals surface area (Å²) in [6.07, 6.45) is 3.06. The van der Waals surface area contributed by atoms with Gasteiger partial charge in [0, 0.05) is 35.1 Å². The van der Waals surface area contributed by atoms with E-state index >= 15 is 0 Å². The summed E-state index contributed by atoms with van der Waals surface area (Å²) in [5.41, 5.74) is 1.78. The van der Waals surface area contributed by atoms with Crippen LogP contribution in [-0.4, -0.2) is 53.1 Å². The standard InChI is InChI=1S/C23H30N4O5.C2H6.3H2/c1-5-16-6-8-17(9-7-16)25-22(31)15(4)24-23(32)21(14(2)3)26-18(28)12-13-27-19(29)10-11-20(27)30;1-2;;;/h6-11,14-15,21H,5,12-13H2,1-4H3,(H,24,32)(H,25,31)(H,26,28);1-2H3;3*1H/t15-,21?;;;;/m0..../s1. The molecule has 1 aliphatic heterocycles. The molecule has 0 aliphatic carbocycles. The number of hydrogen-bond donors (Lipinski definition) is 3. The van der Waals surface area contributed by atoms with Crippen LogP contribution in [0.1, 0.15) is 57.8 Å². The smallest absolute Gasteiger partial charge is 0.253 e. The fourth-order valence-corrected chi connectivity index (χ4v) is 3.09. The largest absolute Gasteiger partial charge is 0.344 e. The first kappa shape index (κ1) is 28.5. The van der Waals surface area contributed by atoms with Gasteiger partial charge in [0.15, 0.2) is 0 Å². The summed E-state index contributed by atoms with van der Waals surface area (Å²) < 4.78 is 0. The molecule has 3 N–H and O–H groups in total. The predicted molar refractivity (Wildman–Crippen MR) is 137 cm³/mol. The zero-order valence-corrected chi connectivity index (χ0v) is 20.8. The third-order valence-electron chi connectivity index (χ3n) is 5.11. The van der Waals surface area contributed by atoms with Gasteiger partial charge in [-0.25, -0.2) is 0 Å². The van der Waals surface area contributed by atoms with Crippen LogP contribution >= 0.6 is 0 Å². The van der Waals surface area contributed by atoms with Gasteiger partial charge in [-0.3, -0.25) is 28.9 Å². The summed E-state index contributed by atoms with van der Waals surface area (Å²) in [4.78, 5) is 61.5. The molecule has 1 aliphatic rings. The lowest BCUT2D eigenvalue weighted by atomic mass is 10.0. The Morgan fingerprint density at radius 2 is 1.47 bits per heavy atom. The molecule has 9 heteroatoms. The maximum atomic E-state index is 12.7. The van der Waals surface area contributed by atoms with Crippen molar-refractivity contribution in [3.63, 3.8) is 0 Å². The maximum Gasteiger partial charge on any atom is 0.253 e. The van der Waals surface area contributed by atoms with E-state index in [1.807, 2.05) is 32.9 Å². The lowest BCUT2D eigenvalue weighted by molar-refractivity contribution is -0.137. The van der Waals surface area contributed by atoms with Gasteiger partial charge in [0.25, 0.3) is 11.8 Å². The highest BCUT2D eigenvalue weighted by molar-refractivity contribution is 6.13. The van der Waals surface area contributed by atoms with Gasteiger partial charge in [-0.15, -0.1) is 0 Å². The molecule has 192 valence electrons. The molecule has 9 nitrogen and oxygen atoms in total. The molecule has 1 heterocycles. The van der Waals surface area contributed by atoms with Crippen LogP contribution in [0.4, 0.5) is 5.69 Å². The Labute approximate surface area is 205 Å². The minimum atomic E-state index is -0.871. The summed E-state index contributed by atoms with van der Waals surface area (Å²) >= 11 is 0. The van der Waals surface area contributed by atoms with Crippen LogP contribution in [0.3, 0.4) is 0 Å². The number of nitrogens with zero attached hydrogens (tertiary/aromatic N) is 1. The molecular weight excluding hydrogens is 436 g/mol. The van der Waals surface area contributed by atoms with Crippen LogP contribution < -0.4 is 16.0 Å². The molecule has 2 rings (SSSR count). The van der Waals surface area contributed by atoms with Crippen LogP contribution in [0.2, 0.25) is 0 Å². The van der Waals surface area contributed by atoms with Crippen molar-refractivity contribution in [3.8, 4) is 0 Å². The minimum Gasteiger partial charge on any atom is -0.344 e. The first-order chi connectivity index (χ1) is 16.1. The van der Waals surface area contributed by atoms with Crippen molar-refractivity contribution >= 4 is 35.2 Å². The average molecular weight is 479 g/mol. The number of rotatable bonds is 10. The second-order valence-corrected chi connectivity index (χ2v) is 7.97. The minimum absolute atomic E-state index is 0. The number of nitrogens with one attached hydrogen (secondary N) is 3. The second kappa shape index (κ2) is 13.9. The first-order valence-electron chi connectivity index (χ1n) is 11.7. The van der Waals surface area contributed by atoms with Gasteiger partial charge < -0.3 is 16.0 Å². The van der Waals surface area contributed by atoms with Crippen molar-refractivity contribution in [1.82, 2.24) is 15.5 Å². The molecule has 1 aromatic rings. The van der Waals surface area contributed by atoms with Crippen molar-refractivity contribution in [2.24, 2.45) is 5.92 Å². The normalized spacial score (nSPS) is 14.3. The first-order valence-corrected chi connectivity index (χ1v) is 11.7. The van der Waals surface area contributed by atoms with E-state index in [-0.39, 0.29) is 29.1 Å². The topological polar surface area (TPSA) is 125 Å². The second-order valence-electron chi connectivity index (χ2n) is 7.97. The highest BCUT2D eigenvalue weighted by Crippen LogP contribution is 2.11. The molecule has 0 fully saturated rings. The molecule has 0 aromatic heterocycles. The average Bonchev–Trinajstić information content (AvgIpc) is 3.14. The van der Waals surface area contributed by atoms with Crippen molar-refractivity contribution in [3.05, 3.63) is 42.0 Å². The molecule has 34 heavy (non-hydrogen) atoms. The van der Waals surface area contributed by atoms with E-state index < -0.39 is 35.7 Å². The van der Waals surface area contributed by atoms with Gasteiger partial charge in [0.05, 0.1) is 0 Å². The molecule has 0 bridgehead atoms. The quantitative estimate of drug-likeness (QED) is 0.446. The molecule has 0 radical (unpaired) electrons. The molecule has 2 atom stereocenters. The Morgan fingerprint density at radius 3 is 1.97 bits per heavy atom.